The minimum absolute atomic E-state index is 0.0131. The summed E-state index contributed by atoms with van der Waals surface area (Å²) in [5.41, 5.74) is 1.36. The van der Waals surface area contributed by atoms with Crippen molar-refractivity contribution < 1.29 is 4.79 Å². The van der Waals surface area contributed by atoms with Gasteiger partial charge in [0, 0.05) is 13.6 Å². The average molecular weight is 273 g/mol. The third-order valence-corrected chi connectivity index (χ3v) is 3.39. The summed E-state index contributed by atoms with van der Waals surface area (Å²) < 4.78 is 0. The fourth-order valence-corrected chi connectivity index (χ4v) is 1.89. The van der Waals surface area contributed by atoms with Crippen LogP contribution in [-0.2, 0) is 4.79 Å². The summed E-state index contributed by atoms with van der Waals surface area (Å²) in [6, 6.07) is 9.16. The lowest BCUT2D eigenvalue weighted by Crippen LogP contribution is -2.44. The zero-order valence-corrected chi connectivity index (χ0v) is 12.7. The molecule has 0 fully saturated rings. The number of amides is 1. The number of carbonyl (C=O) groups excluding carboxylic acids is 1. The molecule has 0 aliphatic rings. The van der Waals surface area contributed by atoms with Gasteiger partial charge in [0.15, 0.2) is 0 Å². The molecule has 0 bridgehead atoms. The van der Waals surface area contributed by atoms with Crippen LogP contribution in [0.4, 0.5) is 5.69 Å². The molecule has 0 aliphatic carbocycles. The molecule has 1 N–H and O–H groups in total. The van der Waals surface area contributed by atoms with Crippen LogP contribution in [0.2, 0.25) is 0 Å². The first-order valence-electron chi connectivity index (χ1n) is 6.97. The first-order chi connectivity index (χ1) is 9.47. The van der Waals surface area contributed by atoms with Gasteiger partial charge < -0.3 is 10.2 Å². The Morgan fingerprint density at radius 1 is 1.35 bits per heavy atom. The van der Waals surface area contributed by atoms with E-state index < -0.39 is 0 Å². The number of likely N-dealkylation sites (N-methyl/N-ethyl adjacent to an activating group) is 1. The smallest absolute Gasteiger partial charge is 0.242 e. The SMILES string of the molecule is CC(C)CCNC(=O)C(C)N(C)c1ccccc1C#N. The van der Waals surface area contributed by atoms with E-state index in [0.717, 1.165) is 12.1 Å². The van der Waals surface area contributed by atoms with E-state index in [0.29, 0.717) is 18.0 Å². The molecule has 0 aliphatic heterocycles. The van der Waals surface area contributed by atoms with Gasteiger partial charge in [-0.25, -0.2) is 0 Å². The quantitative estimate of drug-likeness (QED) is 0.866. The number of benzene rings is 1. The first kappa shape index (κ1) is 16.0. The van der Waals surface area contributed by atoms with Gasteiger partial charge >= 0.3 is 0 Å². The Kier molecular flexibility index (Phi) is 6.05. The van der Waals surface area contributed by atoms with Gasteiger partial charge in [0.25, 0.3) is 0 Å². The topological polar surface area (TPSA) is 56.1 Å². The van der Waals surface area contributed by atoms with Gasteiger partial charge in [-0.15, -0.1) is 0 Å². The zero-order chi connectivity index (χ0) is 15.1. The molecule has 1 unspecified atom stereocenters. The van der Waals surface area contributed by atoms with Gasteiger partial charge in [-0.1, -0.05) is 26.0 Å². The number of anilines is 1. The van der Waals surface area contributed by atoms with E-state index in [4.69, 9.17) is 5.26 Å². The lowest BCUT2D eigenvalue weighted by atomic mass is 10.1. The van der Waals surface area contributed by atoms with E-state index in [-0.39, 0.29) is 11.9 Å². The number of carbonyl (C=O) groups is 1. The minimum Gasteiger partial charge on any atom is -0.362 e. The second-order valence-electron chi connectivity index (χ2n) is 5.39. The summed E-state index contributed by atoms with van der Waals surface area (Å²) in [7, 11) is 1.84. The molecule has 0 spiro atoms. The molecule has 1 aromatic rings. The normalized spacial score (nSPS) is 11.8. The molecule has 0 radical (unpaired) electrons. The molecule has 4 nitrogen and oxygen atoms in total. The molecule has 1 aromatic carbocycles. The lowest BCUT2D eigenvalue weighted by Gasteiger charge is -2.27. The average Bonchev–Trinajstić information content (AvgIpc) is 2.45. The van der Waals surface area contributed by atoms with Crippen LogP contribution in [0.3, 0.4) is 0 Å². The summed E-state index contributed by atoms with van der Waals surface area (Å²) in [6.07, 6.45) is 0.969. The van der Waals surface area contributed by atoms with Crippen molar-refractivity contribution in [2.45, 2.75) is 33.2 Å². The van der Waals surface area contributed by atoms with Crippen LogP contribution in [0.15, 0.2) is 24.3 Å². The standard InChI is InChI=1S/C16H23N3O/c1-12(2)9-10-18-16(20)13(3)19(4)15-8-6-5-7-14(15)11-17/h5-8,12-13H,9-10H2,1-4H3,(H,18,20). The van der Waals surface area contributed by atoms with Crippen molar-refractivity contribution in [1.82, 2.24) is 5.32 Å². The van der Waals surface area contributed by atoms with Crippen LogP contribution in [0.25, 0.3) is 0 Å². The highest BCUT2D eigenvalue weighted by Gasteiger charge is 2.19. The van der Waals surface area contributed by atoms with Crippen molar-refractivity contribution in [2.75, 3.05) is 18.5 Å². The van der Waals surface area contributed by atoms with Crippen molar-refractivity contribution in [3.8, 4) is 6.07 Å². The van der Waals surface area contributed by atoms with E-state index in [1.165, 1.54) is 0 Å². The van der Waals surface area contributed by atoms with Gasteiger partial charge in [0.05, 0.1) is 11.3 Å². The maximum absolute atomic E-state index is 12.1. The first-order valence-corrected chi connectivity index (χ1v) is 6.97. The maximum Gasteiger partial charge on any atom is 0.242 e. The van der Waals surface area contributed by atoms with Crippen molar-refractivity contribution in [3.05, 3.63) is 29.8 Å². The molecule has 4 heteroatoms. The largest absolute Gasteiger partial charge is 0.362 e. The van der Waals surface area contributed by atoms with E-state index in [1.807, 2.05) is 37.1 Å². The molecule has 108 valence electrons. The van der Waals surface area contributed by atoms with Crippen LogP contribution in [0.1, 0.15) is 32.8 Å². The van der Waals surface area contributed by atoms with Gasteiger partial charge in [-0.2, -0.15) is 5.26 Å². The number of hydrogen-bond acceptors (Lipinski definition) is 3. The molecule has 1 rings (SSSR count). The fraction of sp³-hybridized carbons (Fsp3) is 0.500. The highest BCUT2D eigenvalue weighted by Crippen LogP contribution is 2.20. The Morgan fingerprint density at radius 2 is 2.00 bits per heavy atom. The maximum atomic E-state index is 12.1. The van der Waals surface area contributed by atoms with Crippen molar-refractivity contribution >= 4 is 11.6 Å². The van der Waals surface area contributed by atoms with Crippen molar-refractivity contribution in [2.24, 2.45) is 5.92 Å². The summed E-state index contributed by atoms with van der Waals surface area (Å²) in [5, 5.41) is 12.1. The summed E-state index contributed by atoms with van der Waals surface area (Å²) >= 11 is 0. The third-order valence-electron chi connectivity index (χ3n) is 3.39. The highest BCUT2D eigenvalue weighted by molar-refractivity contribution is 5.85. The number of hydrogen-bond donors (Lipinski definition) is 1. The summed E-state index contributed by atoms with van der Waals surface area (Å²) in [5.74, 6) is 0.559. The van der Waals surface area contributed by atoms with E-state index >= 15 is 0 Å². The molecule has 1 amide bonds. The number of nitrogens with one attached hydrogen (secondary N) is 1. The lowest BCUT2D eigenvalue weighted by molar-refractivity contribution is -0.122. The Balaban J connectivity index is 2.69. The predicted octanol–water partition coefficient (Wildman–Crippen LogP) is 2.55. The Morgan fingerprint density at radius 3 is 2.60 bits per heavy atom. The molecule has 20 heavy (non-hydrogen) atoms. The van der Waals surface area contributed by atoms with Crippen LogP contribution < -0.4 is 10.2 Å². The zero-order valence-electron chi connectivity index (χ0n) is 12.7. The second kappa shape index (κ2) is 7.54. The molecule has 0 saturated heterocycles. The Hall–Kier alpha value is -2.02. The van der Waals surface area contributed by atoms with Crippen LogP contribution in [-0.4, -0.2) is 25.5 Å². The number of nitrogens with zero attached hydrogens (tertiary/aromatic N) is 2. The van der Waals surface area contributed by atoms with E-state index in [2.05, 4.69) is 25.2 Å². The van der Waals surface area contributed by atoms with Crippen LogP contribution in [0.5, 0.6) is 0 Å². The summed E-state index contributed by atoms with van der Waals surface area (Å²) in [4.78, 5) is 13.9. The molecule has 0 saturated carbocycles. The van der Waals surface area contributed by atoms with Crippen molar-refractivity contribution in [3.63, 3.8) is 0 Å². The van der Waals surface area contributed by atoms with E-state index in [1.54, 1.807) is 6.07 Å². The molecular weight excluding hydrogens is 250 g/mol. The molecule has 0 heterocycles. The molecule has 1 atom stereocenters. The van der Waals surface area contributed by atoms with Crippen LogP contribution >= 0.6 is 0 Å². The highest BCUT2D eigenvalue weighted by atomic mass is 16.2. The molecule has 0 aromatic heterocycles. The third kappa shape index (κ3) is 4.27. The summed E-state index contributed by atoms with van der Waals surface area (Å²) in [6.45, 7) is 6.79. The van der Waals surface area contributed by atoms with Crippen molar-refractivity contribution in [1.29, 1.82) is 5.26 Å². The Labute approximate surface area is 121 Å². The van der Waals surface area contributed by atoms with Crippen LogP contribution in [0, 0.1) is 17.2 Å². The van der Waals surface area contributed by atoms with Gasteiger partial charge in [0.2, 0.25) is 5.91 Å². The Bertz CT molecular complexity index is 491. The van der Waals surface area contributed by atoms with Gasteiger partial charge in [-0.05, 0) is 31.4 Å². The van der Waals surface area contributed by atoms with Gasteiger partial charge in [0.1, 0.15) is 12.1 Å². The number of rotatable bonds is 6. The number of nitriles is 1. The second-order valence-corrected chi connectivity index (χ2v) is 5.39. The predicted molar refractivity (Wildman–Crippen MR) is 81.5 cm³/mol. The van der Waals surface area contributed by atoms with E-state index in [9.17, 15) is 4.79 Å². The minimum atomic E-state index is -0.309. The van der Waals surface area contributed by atoms with Gasteiger partial charge in [-0.3, -0.25) is 4.79 Å². The fourth-order valence-electron chi connectivity index (χ4n) is 1.89. The monoisotopic (exact) mass is 273 g/mol. The number of para-hydroxylation sites is 1. The molecular formula is C16H23N3O.